The Kier molecular flexibility index (Phi) is 59.9. The fourth-order valence-corrected chi connectivity index (χ4v) is 9.32. The molecule has 0 fully saturated rings. The Morgan fingerprint density at radius 3 is 0.978 bits per heavy atom. The molecule has 0 aliphatic rings. The van der Waals surface area contributed by atoms with Gasteiger partial charge in [0.25, 0.3) is 0 Å². The second-order valence-electron chi connectivity index (χ2n) is 21.1. The third kappa shape index (κ3) is 64.5. The lowest BCUT2D eigenvalue weighted by atomic mass is 10.1. The van der Waals surface area contributed by atoms with Crippen LogP contribution in [0, 0.1) is 0 Å². The van der Waals surface area contributed by atoms with Crippen molar-refractivity contribution in [2.75, 3.05) is 39.6 Å². The standard InChI is InChI=1S/C71H114O16P2/c1-4-7-10-13-16-19-22-24-26-28-30-32-34-36-38-40-43-45-48-51-54-57-69(74)81-60-66(72)61-83-88(77,78)84-62-67(73)63-85-89(79,80)86-65-68(87-71(76)59-56-53-50-47-42-21-18-15-12-9-6-3)64-82-70(75)58-55-52-49-46-44-41-39-37-35-33-31-29-27-25-23-20-17-14-11-8-5-2/h7-8,10-11,15-20,24-27,30-33,36-39,43-46,66-68,72-73H,4-6,9,12-14,21-23,28-29,34-35,40-42,47-65H2,1-3H3,(H,77,78)(H,79,80)/b10-7-,11-8-,18-15-,19-16-,20-17-,26-24-,27-25-,32-30-,33-31-,38-36-,39-37-,45-43-,46-44-. The first-order chi connectivity index (χ1) is 43.2. The Morgan fingerprint density at radius 1 is 0.326 bits per heavy atom. The van der Waals surface area contributed by atoms with E-state index < -0.39 is 91.5 Å². The van der Waals surface area contributed by atoms with Gasteiger partial charge in [-0.1, -0.05) is 211 Å². The lowest BCUT2D eigenvalue weighted by molar-refractivity contribution is -0.161. The van der Waals surface area contributed by atoms with Crippen molar-refractivity contribution < 1.29 is 75.8 Å². The van der Waals surface area contributed by atoms with Crippen LogP contribution in [0.4, 0.5) is 0 Å². The van der Waals surface area contributed by atoms with E-state index in [1.807, 2.05) is 0 Å². The van der Waals surface area contributed by atoms with Crippen molar-refractivity contribution in [1.82, 2.24) is 0 Å². The molecule has 0 spiro atoms. The van der Waals surface area contributed by atoms with Gasteiger partial charge in [-0.25, -0.2) is 9.13 Å². The number of ether oxygens (including phenoxy) is 3. The highest BCUT2D eigenvalue weighted by Gasteiger charge is 2.29. The average molecular weight is 1290 g/mol. The minimum Gasteiger partial charge on any atom is -0.463 e. The average Bonchev–Trinajstić information content (AvgIpc) is 3.64. The van der Waals surface area contributed by atoms with Gasteiger partial charge >= 0.3 is 33.6 Å². The number of carbonyl (C=O) groups is 3. The number of allylic oxidation sites excluding steroid dienone is 26. The van der Waals surface area contributed by atoms with Crippen LogP contribution in [0.25, 0.3) is 0 Å². The van der Waals surface area contributed by atoms with Crippen LogP contribution >= 0.6 is 15.6 Å². The Hall–Kier alpha value is -4.83. The van der Waals surface area contributed by atoms with Crippen molar-refractivity contribution in [3.05, 3.63) is 158 Å². The Labute approximate surface area is 536 Å². The van der Waals surface area contributed by atoms with Gasteiger partial charge in [-0.3, -0.25) is 32.5 Å². The van der Waals surface area contributed by atoms with Gasteiger partial charge in [-0.15, -0.1) is 0 Å². The lowest BCUT2D eigenvalue weighted by Crippen LogP contribution is -2.30. The highest BCUT2D eigenvalue weighted by Crippen LogP contribution is 2.45. The molecule has 89 heavy (non-hydrogen) atoms. The molecule has 0 radical (unpaired) electrons. The number of phosphoric acid groups is 2. The van der Waals surface area contributed by atoms with E-state index in [1.54, 1.807) is 0 Å². The molecule has 0 rings (SSSR count). The Bertz CT molecular complexity index is 2250. The van der Waals surface area contributed by atoms with Crippen molar-refractivity contribution >= 4 is 33.6 Å². The first-order valence-corrected chi connectivity index (χ1v) is 35.8. The lowest BCUT2D eigenvalue weighted by Gasteiger charge is -2.21. The summed E-state index contributed by atoms with van der Waals surface area (Å²) in [6, 6.07) is 0. The van der Waals surface area contributed by atoms with Crippen molar-refractivity contribution in [3.63, 3.8) is 0 Å². The summed E-state index contributed by atoms with van der Waals surface area (Å²) in [6.07, 6.45) is 76.0. The molecule has 0 heterocycles. The van der Waals surface area contributed by atoms with Gasteiger partial charge in [0.15, 0.2) is 6.10 Å². The van der Waals surface area contributed by atoms with Gasteiger partial charge in [0, 0.05) is 19.3 Å². The number of esters is 3. The highest BCUT2D eigenvalue weighted by molar-refractivity contribution is 7.47. The molecule has 0 aliphatic heterocycles. The van der Waals surface area contributed by atoms with Gasteiger partial charge in [-0.05, 0) is 141 Å². The second-order valence-corrected chi connectivity index (χ2v) is 24.1. The van der Waals surface area contributed by atoms with Crippen molar-refractivity contribution in [2.45, 2.75) is 232 Å². The van der Waals surface area contributed by atoms with Gasteiger partial charge in [0.2, 0.25) is 0 Å². The van der Waals surface area contributed by atoms with E-state index in [4.69, 9.17) is 32.3 Å². The summed E-state index contributed by atoms with van der Waals surface area (Å²) in [5, 5.41) is 20.5. The van der Waals surface area contributed by atoms with Crippen LogP contribution < -0.4 is 0 Å². The number of rotatable bonds is 60. The summed E-state index contributed by atoms with van der Waals surface area (Å²) in [4.78, 5) is 58.2. The normalized spacial score (nSPS) is 15.3. The third-order valence-corrected chi connectivity index (χ3v) is 14.6. The maximum atomic E-state index is 12.9. The summed E-state index contributed by atoms with van der Waals surface area (Å²) >= 11 is 0. The van der Waals surface area contributed by atoms with Gasteiger partial charge in [0.05, 0.1) is 26.4 Å². The van der Waals surface area contributed by atoms with E-state index in [2.05, 4.69) is 179 Å². The van der Waals surface area contributed by atoms with Crippen LogP contribution in [0.15, 0.2) is 158 Å². The quantitative estimate of drug-likeness (QED) is 0.0146. The van der Waals surface area contributed by atoms with E-state index in [-0.39, 0.29) is 19.3 Å². The molecule has 504 valence electrons. The minimum atomic E-state index is -4.94. The number of carbonyl (C=O) groups excluding carboxylic acids is 3. The SMILES string of the molecule is CC/C=C\C/C=C\C/C=C\C/C=C\C/C=C\C/C=C\CCCCC(=O)OCC(O)COP(=O)(O)OCC(O)COP(=O)(O)OCC(COC(=O)CCCC/C=C\C/C=C\C/C=C\C/C=C\C/C=C\C/C=C\CC)OC(=O)CCCCCCC/C=C\CCCC. The first-order valence-electron chi connectivity index (χ1n) is 32.8. The zero-order chi connectivity index (χ0) is 65.3. The van der Waals surface area contributed by atoms with Gasteiger partial charge in [-0.2, -0.15) is 0 Å². The largest absolute Gasteiger partial charge is 0.472 e. The molecule has 5 atom stereocenters. The summed E-state index contributed by atoms with van der Waals surface area (Å²) < 4.78 is 60.6. The summed E-state index contributed by atoms with van der Waals surface area (Å²) in [5.74, 6) is -1.70. The highest BCUT2D eigenvalue weighted by atomic mass is 31.2. The van der Waals surface area contributed by atoms with E-state index in [0.29, 0.717) is 19.3 Å². The topological polar surface area (TPSA) is 231 Å². The molecule has 0 saturated carbocycles. The summed E-state index contributed by atoms with van der Waals surface area (Å²) in [6.45, 7) is 2.23. The van der Waals surface area contributed by atoms with E-state index >= 15 is 0 Å². The molecule has 0 saturated heterocycles. The van der Waals surface area contributed by atoms with E-state index in [9.17, 15) is 43.5 Å². The fraction of sp³-hybridized carbons (Fsp3) is 0.592. The Morgan fingerprint density at radius 2 is 0.596 bits per heavy atom. The van der Waals surface area contributed by atoms with Crippen molar-refractivity contribution in [3.8, 4) is 0 Å². The predicted molar refractivity (Wildman–Crippen MR) is 362 cm³/mol. The molecule has 18 heteroatoms. The maximum absolute atomic E-state index is 12.9. The molecule has 16 nitrogen and oxygen atoms in total. The third-order valence-electron chi connectivity index (χ3n) is 12.7. The van der Waals surface area contributed by atoms with Crippen molar-refractivity contribution in [1.29, 1.82) is 0 Å². The number of aliphatic hydroxyl groups excluding tert-OH is 2. The molecular weight excluding hydrogens is 1170 g/mol. The molecule has 0 bridgehead atoms. The van der Waals surface area contributed by atoms with Crippen LogP contribution in [-0.2, 0) is 55.8 Å². The summed E-state index contributed by atoms with van der Waals surface area (Å²) in [7, 11) is -9.81. The Balaban J connectivity index is 4.72. The smallest absolute Gasteiger partial charge is 0.463 e. The van der Waals surface area contributed by atoms with Crippen LogP contribution in [-0.4, -0.2) is 95.9 Å². The summed E-state index contributed by atoms with van der Waals surface area (Å²) in [5.41, 5.74) is 0. The van der Waals surface area contributed by atoms with E-state index in [0.717, 1.165) is 141 Å². The van der Waals surface area contributed by atoms with Crippen LogP contribution in [0.3, 0.4) is 0 Å². The second kappa shape index (κ2) is 63.3. The predicted octanol–water partition coefficient (Wildman–Crippen LogP) is 18.0. The molecule has 0 amide bonds. The fourth-order valence-electron chi connectivity index (χ4n) is 7.73. The molecule has 4 N–H and O–H groups in total. The van der Waals surface area contributed by atoms with Gasteiger partial charge in [0.1, 0.15) is 25.4 Å². The zero-order valence-corrected chi connectivity index (χ0v) is 56.1. The van der Waals surface area contributed by atoms with Gasteiger partial charge < -0.3 is 34.2 Å². The molecule has 5 unspecified atom stereocenters. The first kappa shape index (κ1) is 84.2. The number of hydrogen-bond acceptors (Lipinski definition) is 14. The zero-order valence-electron chi connectivity index (χ0n) is 54.3. The van der Waals surface area contributed by atoms with Crippen LogP contribution in [0.2, 0.25) is 0 Å². The minimum absolute atomic E-state index is 0.0770. The van der Waals surface area contributed by atoms with Crippen LogP contribution in [0.5, 0.6) is 0 Å². The number of aliphatic hydroxyl groups is 2. The molecule has 0 aliphatic carbocycles. The number of phosphoric ester groups is 2. The van der Waals surface area contributed by atoms with Crippen LogP contribution in [0.1, 0.15) is 213 Å². The molecule has 0 aromatic rings. The molecule has 0 aromatic heterocycles. The van der Waals surface area contributed by atoms with E-state index in [1.165, 1.54) is 12.8 Å². The van der Waals surface area contributed by atoms with Crippen molar-refractivity contribution in [2.24, 2.45) is 0 Å². The number of unbranched alkanes of at least 4 members (excludes halogenated alkanes) is 11. The maximum Gasteiger partial charge on any atom is 0.472 e. The molecular formula is C71H114O16P2. The monoisotopic (exact) mass is 1280 g/mol. The number of hydrogen-bond donors (Lipinski definition) is 4. The molecule has 0 aromatic carbocycles.